The standard InChI is InChI=1S/C18H19NO2S/c1-21-17-11-15(22-2)7-8-16(17)18(20)19-10-9-13-5-3-4-6-14(13)12-19/h3-8,11H,9-10,12H2,1-2H3. The largest absolute Gasteiger partial charge is 0.496 e. The highest BCUT2D eigenvalue weighted by Crippen LogP contribution is 2.28. The molecule has 3 nitrogen and oxygen atoms in total. The van der Waals surface area contributed by atoms with Gasteiger partial charge in [0.05, 0.1) is 12.7 Å². The molecular weight excluding hydrogens is 294 g/mol. The topological polar surface area (TPSA) is 29.5 Å². The Labute approximate surface area is 135 Å². The highest BCUT2D eigenvalue weighted by atomic mass is 32.2. The van der Waals surface area contributed by atoms with Crippen LogP contribution in [0.2, 0.25) is 0 Å². The Morgan fingerprint density at radius 2 is 1.95 bits per heavy atom. The second-order valence-electron chi connectivity index (χ2n) is 5.31. The Morgan fingerprint density at radius 1 is 1.18 bits per heavy atom. The van der Waals surface area contributed by atoms with Crippen molar-refractivity contribution in [2.45, 2.75) is 17.9 Å². The molecule has 0 spiro atoms. The minimum Gasteiger partial charge on any atom is -0.496 e. The highest BCUT2D eigenvalue weighted by Gasteiger charge is 2.23. The molecule has 4 heteroatoms. The summed E-state index contributed by atoms with van der Waals surface area (Å²) in [6.07, 6.45) is 2.92. The molecule has 0 fully saturated rings. The van der Waals surface area contributed by atoms with Gasteiger partial charge in [-0.1, -0.05) is 24.3 Å². The second-order valence-corrected chi connectivity index (χ2v) is 6.19. The van der Waals surface area contributed by atoms with Gasteiger partial charge in [-0.3, -0.25) is 4.79 Å². The maximum Gasteiger partial charge on any atom is 0.257 e. The maximum atomic E-state index is 12.8. The molecule has 1 aliphatic heterocycles. The molecule has 0 aromatic heterocycles. The number of hydrogen-bond acceptors (Lipinski definition) is 3. The van der Waals surface area contributed by atoms with Crippen molar-refractivity contribution in [3.63, 3.8) is 0 Å². The molecule has 2 aromatic carbocycles. The fraction of sp³-hybridized carbons (Fsp3) is 0.278. The van der Waals surface area contributed by atoms with Gasteiger partial charge in [0.25, 0.3) is 5.91 Å². The lowest BCUT2D eigenvalue weighted by atomic mass is 9.99. The summed E-state index contributed by atoms with van der Waals surface area (Å²) in [6.45, 7) is 1.42. The third-order valence-corrected chi connectivity index (χ3v) is 4.78. The van der Waals surface area contributed by atoms with Gasteiger partial charge in [0.2, 0.25) is 0 Å². The SMILES string of the molecule is COc1cc(SC)ccc1C(=O)N1CCc2ccccc2C1. The normalized spacial score (nSPS) is 13.6. The van der Waals surface area contributed by atoms with Gasteiger partial charge in [-0.25, -0.2) is 0 Å². The number of fused-ring (bicyclic) bond motifs is 1. The van der Waals surface area contributed by atoms with E-state index in [1.165, 1.54) is 11.1 Å². The fourth-order valence-corrected chi connectivity index (χ4v) is 3.24. The smallest absolute Gasteiger partial charge is 0.257 e. The molecular formula is C18H19NO2S. The van der Waals surface area contributed by atoms with E-state index in [2.05, 4.69) is 18.2 Å². The van der Waals surface area contributed by atoms with Crippen molar-refractivity contribution >= 4 is 17.7 Å². The first-order chi connectivity index (χ1) is 10.7. The first-order valence-electron chi connectivity index (χ1n) is 7.31. The summed E-state index contributed by atoms with van der Waals surface area (Å²) in [5.74, 6) is 0.690. The van der Waals surface area contributed by atoms with Gasteiger partial charge in [-0.2, -0.15) is 0 Å². The van der Waals surface area contributed by atoms with E-state index < -0.39 is 0 Å². The lowest BCUT2D eigenvalue weighted by Gasteiger charge is -2.29. The molecule has 0 saturated carbocycles. The van der Waals surface area contributed by atoms with Crippen LogP contribution in [0, 0.1) is 0 Å². The van der Waals surface area contributed by atoms with Crippen LogP contribution in [0.15, 0.2) is 47.4 Å². The molecule has 0 radical (unpaired) electrons. The van der Waals surface area contributed by atoms with Crippen LogP contribution in [0.1, 0.15) is 21.5 Å². The van der Waals surface area contributed by atoms with Crippen molar-refractivity contribution in [1.82, 2.24) is 4.90 Å². The molecule has 0 aliphatic carbocycles. The lowest BCUT2D eigenvalue weighted by molar-refractivity contribution is 0.0731. The first-order valence-corrected chi connectivity index (χ1v) is 8.53. The first kappa shape index (κ1) is 15.0. The summed E-state index contributed by atoms with van der Waals surface area (Å²) < 4.78 is 5.41. The second kappa shape index (κ2) is 6.44. The van der Waals surface area contributed by atoms with Crippen LogP contribution in [0.5, 0.6) is 5.75 Å². The van der Waals surface area contributed by atoms with Crippen molar-refractivity contribution in [2.24, 2.45) is 0 Å². The maximum absolute atomic E-state index is 12.8. The average molecular weight is 313 g/mol. The van der Waals surface area contributed by atoms with Crippen LogP contribution in [0.3, 0.4) is 0 Å². The Hall–Kier alpha value is -1.94. The van der Waals surface area contributed by atoms with Crippen molar-refractivity contribution in [3.8, 4) is 5.75 Å². The predicted molar refractivity (Wildman–Crippen MR) is 89.7 cm³/mol. The summed E-state index contributed by atoms with van der Waals surface area (Å²) >= 11 is 1.64. The van der Waals surface area contributed by atoms with Crippen LogP contribution in [-0.2, 0) is 13.0 Å². The number of amides is 1. The van der Waals surface area contributed by atoms with Crippen molar-refractivity contribution in [1.29, 1.82) is 0 Å². The minimum absolute atomic E-state index is 0.0407. The Kier molecular flexibility index (Phi) is 4.39. The number of hydrogen-bond donors (Lipinski definition) is 0. The molecule has 0 unspecified atom stereocenters. The Bertz CT molecular complexity index is 699. The summed E-state index contributed by atoms with van der Waals surface area (Å²) in [5, 5.41) is 0. The molecule has 1 heterocycles. The van der Waals surface area contributed by atoms with Crippen LogP contribution in [-0.4, -0.2) is 30.7 Å². The zero-order valence-corrected chi connectivity index (χ0v) is 13.7. The average Bonchev–Trinajstić information content (AvgIpc) is 2.60. The molecule has 0 bridgehead atoms. The van der Waals surface area contributed by atoms with Crippen LogP contribution >= 0.6 is 11.8 Å². The summed E-state index contributed by atoms with van der Waals surface area (Å²) in [7, 11) is 1.61. The number of nitrogens with zero attached hydrogens (tertiary/aromatic N) is 1. The van der Waals surface area contributed by atoms with Crippen molar-refractivity contribution in [3.05, 3.63) is 59.2 Å². The number of carbonyl (C=O) groups excluding carboxylic acids is 1. The number of carbonyl (C=O) groups is 1. The molecule has 2 aromatic rings. The van der Waals surface area contributed by atoms with Gasteiger partial charge < -0.3 is 9.64 Å². The van der Waals surface area contributed by atoms with Crippen LogP contribution in [0.4, 0.5) is 0 Å². The Morgan fingerprint density at radius 3 is 2.68 bits per heavy atom. The molecule has 1 aliphatic rings. The summed E-state index contributed by atoms with van der Waals surface area (Å²) in [4.78, 5) is 15.8. The van der Waals surface area contributed by atoms with E-state index in [9.17, 15) is 4.79 Å². The molecule has 22 heavy (non-hydrogen) atoms. The number of methoxy groups -OCH3 is 1. The number of ether oxygens (including phenoxy) is 1. The van der Waals surface area contributed by atoms with E-state index in [0.717, 1.165) is 17.9 Å². The monoisotopic (exact) mass is 313 g/mol. The molecule has 0 saturated heterocycles. The number of thioether (sulfide) groups is 1. The van der Waals surface area contributed by atoms with E-state index in [1.807, 2.05) is 35.4 Å². The van der Waals surface area contributed by atoms with E-state index in [4.69, 9.17) is 4.74 Å². The third kappa shape index (κ3) is 2.83. The van der Waals surface area contributed by atoms with E-state index >= 15 is 0 Å². The number of rotatable bonds is 3. The van der Waals surface area contributed by atoms with Gasteiger partial charge in [0, 0.05) is 18.0 Å². The summed E-state index contributed by atoms with van der Waals surface area (Å²) in [5.41, 5.74) is 3.22. The molecule has 0 atom stereocenters. The van der Waals surface area contributed by atoms with E-state index in [-0.39, 0.29) is 5.91 Å². The van der Waals surface area contributed by atoms with E-state index in [0.29, 0.717) is 17.9 Å². The third-order valence-electron chi connectivity index (χ3n) is 4.06. The quantitative estimate of drug-likeness (QED) is 0.811. The molecule has 3 rings (SSSR count). The minimum atomic E-state index is 0.0407. The predicted octanol–water partition coefficient (Wildman–Crippen LogP) is 3.62. The molecule has 114 valence electrons. The highest BCUT2D eigenvalue weighted by molar-refractivity contribution is 7.98. The van der Waals surface area contributed by atoms with Crippen LogP contribution in [0.25, 0.3) is 0 Å². The lowest BCUT2D eigenvalue weighted by Crippen LogP contribution is -2.36. The number of benzene rings is 2. The van der Waals surface area contributed by atoms with Crippen LogP contribution < -0.4 is 4.74 Å². The Balaban J connectivity index is 1.86. The van der Waals surface area contributed by atoms with Gasteiger partial charge in [0.1, 0.15) is 5.75 Å². The molecule has 0 N–H and O–H groups in total. The zero-order valence-electron chi connectivity index (χ0n) is 12.8. The van der Waals surface area contributed by atoms with Gasteiger partial charge in [-0.05, 0) is 42.0 Å². The fourth-order valence-electron chi connectivity index (χ4n) is 2.81. The van der Waals surface area contributed by atoms with Gasteiger partial charge in [-0.15, -0.1) is 11.8 Å². The van der Waals surface area contributed by atoms with Gasteiger partial charge in [0.15, 0.2) is 0 Å². The molecule has 1 amide bonds. The zero-order chi connectivity index (χ0) is 15.5. The van der Waals surface area contributed by atoms with Gasteiger partial charge >= 0.3 is 0 Å². The van der Waals surface area contributed by atoms with E-state index in [1.54, 1.807) is 18.9 Å². The summed E-state index contributed by atoms with van der Waals surface area (Å²) in [6, 6.07) is 14.1. The van der Waals surface area contributed by atoms with Crippen molar-refractivity contribution in [2.75, 3.05) is 19.9 Å². The van der Waals surface area contributed by atoms with Crippen molar-refractivity contribution < 1.29 is 9.53 Å².